The molecule has 1 fully saturated rings. The number of aliphatic hydroxyl groups is 1. The fraction of sp³-hybridized carbons (Fsp3) is 0.792. The van der Waals surface area contributed by atoms with E-state index < -0.39 is 35.8 Å². The molecule has 2 aliphatic rings. The molecule has 0 bridgehead atoms. The summed E-state index contributed by atoms with van der Waals surface area (Å²) < 4.78 is 5.29. The molecule has 7 heteroatoms. The molecule has 1 heterocycles. The van der Waals surface area contributed by atoms with Gasteiger partial charge in [0.05, 0.1) is 31.1 Å². The molecule has 0 aromatic carbocycles. The van der Waals surface area contributed by atoms with Crippen LogP contribution in [0, 0.1) is 29.6 Å². The van der Waals surface area contributed by atoms with Gasteiger partial charge < -0.3 is 20.1 Å². The van der Waals surface area contributed by atoms with Gasteiger partial charge in [0.25, 0.3) is 0 Å². The lowest BCUT2D eigenvalue weighted by molar-refractivity contribution is -0.156. The Hall–Kier alpha value is -1.89. The molecule has 0 aromatic heterocycles. The Morgan fingerprint density at radius 1 is 1.23 bits per heavy atom. The minimum absolute atomic E-state index is 0.0203. The molecule has 0 unspecified atom stereocenters. The molecule has 1 aliphatic heterocycles. The lowest BCUT2D eigenvalue weighted by atomic mass is 9.70. The molecule has 7 nitrogen and oxygen atoms in total. The van der Waals surface area contributed by atoms with E-state index >= 15 is 0 Å². The number of aliphatic hydroxyl groups excluding tert-OH is 1. The number of nitrogens with zero attached hydrogens (tertiary/aromatic N) is 1. The molecular formula is C24H40N2O5. The van der Waals surface area contributed by atoms with E-state index in [1.807, 2.05) is 32.9 Å². The molecule has 2 N–H and O–H groups in total. The largest absolute Gasteiger partial charge is 0.466 e. The van der Waals surface area contributed by atoms with Gasteiger partial charge in [-0.1, -0.05) is 59.1 Å². The minimum Gasteiger partial charge on any atom is -0.466 e. The topological polar surface area (TPSA) is 95.9 Å². The first-order chi connectivity index (χ1) is 14.8. The maximum Gasteiger partial charge on any atom is 0.310 e. The van der Waals surface area contributed by atoms with Gasteiger partial charge >= 0.3 is 5.97 Å². The van der Waals surface area contributed by atoms with E-state index in [1.54, 1.807) is 11.8 Å². The van der Waals surface area contributed by atoms with Crippen LogP contribution in [-0.4, -0.2) is 59.6 Å². The summed E-state index contributed by atoms with van der Waals surface area (Å²) in [6.07, 6.45) is 7.57. The quantitative estimate of drug-likeness (QED) is 0.295. The first-order valence-electron chi connectivity index (χ1n) is 11.9. The van der Waals surface area contributed by atoms with Crippen molar-refractivity contribution in [3.05, 3.63) is 12.2 Å². The van der Waals surface area contributed by atoms with Crippen LogP contribution in [0.1, 0.15) is 60.3 Å². The molecule has 0 spiro atoms. The van der Waals surface area contributed by atoms with Crippen molar-refractivity contribution in [3.63, 3.8) is 0 Å². The Labute approximate surface area is 186 Å². The molecule has 31 heavy (non-hydrogen) atoms. The standard InChI is InChI=1S/C24H40N2O5/c1-6-9-10-13-25-22(28)21-17-12-11-16(5)19(24(30)31-8-3)20(17)23(29)26(21)18(14-27)15(4)7-2/h11-12,15-21,27H,6-10,13-14H2,1-5H3,(H,25,28)/t15-,16+,17-,18-,19+,20-,21-/m0/s1. The van der Waals surface area contributed by atoms with Crippen molar-refractivity contribution in [2.45, 2.75) is 72.4 Å². The molecular weight excluding hydrogens is 396 g/mol. The summed E-state index contributed by atoms with van der Waals surface area (Å²) in [6, 6.07) is -1.20. The number of fused-ring (bicyclic) bond motifs is 1. The van der Waals surface area contributed by atoms with E-state index in [0.717, 1.165) is 25.7 Å². The third kappa shape index (κ3) is 5.30. The van der Waals surface area contributed by atoms with E-state index in [-0.39, 0.29) is 36.9 Å². The zero-order valence-corrected chi connectivity index (χ0v) is 19.7. The van der Waals surface area contributed by atoms with Gasteiger partial charge in [-0.3, -0.25) is 14.4 Å². The summed E-state index contributed by atoms with van der Waals surface area (Å²) in [7, 11) is 0. The van der Waals surface area contributed by atoms with Crippen molar-refractivity contribution in [1.29, 1.82) is 0 Å². The van der Waals surface area contributed by atoms with Gasteiger partial charge in [0.1, 0.15) is 6.04 Å². The van der Waals surface area contributed by atoms with Crippen molar-refractivity contribution < 1.29 is 24.2 Å². The Kier molecular flexibility index (Phi) is 9.54. The molecule has 0 saturated carbocycles. The van der Waals surface area contributed by atoms with E-state index in [0.29, 0.717) is 6.54 Å². The van der Waals surface area contributed by atoms with Crippen LogP contribution in [-0.2, 0) is 19.1 Å². The van der Waals surface area contributed by atoms with Crippen molar-refractivity contribution in [2.24, 2.45) is 29.6 Å². The number of carbonyl (C=O) groups is 3. The van der Waals surface area contributed by atoms with Gasteiger partial charge in [-0.15, -0.1) is 0 Å². The van der Waals surface area contributed by atoms with Gasteiger partial charge in [-0.2, -0.15) is 0 Å². The Bertz CT molecular complexity index is 664. The normalized spacial score (nSPS) is 29.4. The second-order valence-electron chi connectivity index (χ2n) is 8.95. The average molecular weight is 437 g/mol. The predicted molar refractivity (Wildman–Crippen MR) is 119 cm³/mol. The van der Waals surface area contributed by atoms with E-state index in [2.05, 4.69) is 12.2 Å². The zero-order chi connectivity index (χ0) is 23.1. The van der Waals surface area contributed by atoms with Crippen LogP contribution in [0.25, 0.3) is 0 Å². The van der Waals surface area contributed by atoms with Crippen LogP contribution in [0.2, 0.25) is 0 Å². The Balaban J connectivity index is 2.42. The fourth-order valence-corrected chi connectivity index (χ4v) is 5.00. The molecule has 1 saturated heterocycles. The third-order valence-electron chi connectivity index (χ3n) is 6.96. The highest BCUT2D eigenvalue weighted by Gasteiger charge is 2.58. The number of rotatable bonds is 11. The summed E-state index contributed by atoms with van der Waals surface area (Å²) in [5.41, 5.74) is 0. The van der Waals surface area contributed by atoms with E-state index in [9.17, 15) is 19.5 Å². The lowest BCUT2D eigenvalue weighted by Gasteiger charge is -2.36. The molecule has 2 amide bonds. The van der Waals surface area contributed by atoms with E-state index in [1.165, 1.54) is 0 Å². The summed E-state index contributed by atoms with van der Waals surface area (Å²) in [4.78, 5) is 41.4. The number of likely N-dealkylation sites (tertiary alicyclic amines) is 1. The Morgan fingerprint density at radius 2 is 1.94 bits per heavy atom. The molecule has 176 valence electrons. The minimum atomic E-state index is -0.731. The van der Waals surface area contributed by atoms with E-state index in [4.69, 9.17) is 4.74 Å². The number of hydrogen-bond acceptors (Lipinski definition) is 5. The van der Waals surface area contributed by atoms with Crippen LogP contribution in [0.15, 0.2) is 12.2 Å². The van der Waals surface area contributed by atoms with Gasteiger partial charge in [-0.25, -0.2) is 0 Å². The number of hydrogen-bond donors (Lipinski definition) is 2. The van der Waals surface area contributed by atoms with Crippen LogP contribution < -0.4 is 5.32 Å². The highest BCUT2D eigenvalue weighted by molar-refractivity contribution is 5.96. The van der Waals surface area contributed by atoms with Gasteiger partial charge in [0.15, 0.2) is 0 Å². The highest BCUT2D eigenvalue weighted by Crippen LogP contribution is 2.45. The molecule has 7 atom stereocenters. The monoisotopic (exact) mass is 436 g/mol. The zero-order valence-electron chi connectivity index (χ0n) is 19.7. The summed E-state index contributed by atoms with van der Waals surface area (Å²) >= 11 is 0. The summed E-state index contributed by atoms with van der Waals surface area (Å²) in [5, 5.41) is 13.2. The van der Waals surface area contributed by atoms with Crippen molar-refractivity contribution in [1.82, 2.24) is 10.2 Å². The number of unbranched alkanes of at least 4 members (excludes halogenated alkanes) is 2. The summed E-state index contributed by atoms with van der Waals surface area (Å²) in [5.74, 6) is -2.66. The molecule has 1 aliphatic carbocycles. The first-order valence-corrected chi connectivity index (χ1v) is 11.9. The number of carbonyl (C=O) groups excluding carboxylic acids is 3. The number of amides is 2. The third-order valence-corrected chi connectivity index (χ3v) is 6.96. The van der Waals surface area contributed by atoms with Crippen LogP contribution in [0.4, 0.5) is 0 Å². The van der Waals surface area contributed by atoms with Crippen molar-refractivity contribution in [2.75, 3.05) is 19.8 Å². The molecule has 0 radical (unpaired) electrons. The maximum absolute atomic E-state index is 13.7. The first kappa shape index (κ1) is 25.4. The number of nitrogens with one attached hydrogen (secondary N) is 1. The Morgan fingerprint density at radius 3 is 2.52 bits per heavy atom. The maximum atomic E-state index is 13.7. The fourth-order valence-electron chi connectivity index (χ4n) is 5.00. The number of esters is 1. The van der Waals surface area contributed by atoms with Crippen molar-refractivity contribution in [3.8, 4) is 0 Å². The van der Waals surface area contributed by atoms with Crippen LogP contribution in [0.3, 0.4) is 0 Å². The van der Waals surface area contributed by atoms with Crippen LogP contribution >= 0.6 is 0 Å². The van der Waals surface area contributed by atoms with Gasteiger partial charge in [0.2, 0.25) is 11.8 Å². The van der Waals surface area contributed by atoms with Crippen LogP contribution in [0.5, 0.6) is 0 Å². The van der Waals surface area contributed by atoms with Crippen molar-refractivity contribution >= 4 is 17.8 Å². The van der Waals surface area contributed by atoms with Gasteiger partial charge in [0, 0.05) is 12.5 Å². The highest BCUT2D eigenvalue weighted by atomic mass is 16.5. The predicted octanol–water partition coefficient (Wildman–Crippen LogP) is 2.53. The number of ether oxygens (including phenoxy) is 1. The SMILES string of the molecule is CCCCCNC(=O)[C@@H]1[C@H]2C=C[C@@H](C)[C@@H](C(=O)OCC)[C@H]2C(=O)N1[C@@H](CO)[C@@H](C)CC. The average Bonchev–Trinajstić information content (AvgIpc) is 3.04. The summed E-state index contributed by atoms with van der Waals surface area (Å²) in [6.45, 7) is 10.3. The second-order valence-corrected chi connectivity index (χ2v) is 8.95. The number of allylic oxidation sites excluding steroid dienone is 1. The smallest absolute Gasteiger partial charge is 0.310 e. The molecule has 0 aromatic rings. The van der Waals surface area contributed by atoms with Gasteiger partial charge in [-0.05, 0) is 25.2 Å². The lowest BCUT2D eigenvalue weighted by Crippen LogP contribution is -2.54. The second kappa shape index (κ2) is 11.7. The molecule has 2 rings (SSSR count).